The van der Waals surface area contributed by atoms with E-state index in [1.165, 1.54) is 4.90 Å². The van der Waals surface area contributed by atoms with Gasteiger partial charge < -0.3 is 15.3 Å². The zero-order chi connectivity index (χ0) is 12.4. The summed E-state index contributed by atoms with van der Waals surface area (Å²) in [6.07, 6.45) is 0. The Morgan fingerprint density at radius 2 is 2.24 bits per heavy atom. The molecule has 1 aromatic rings. The number of carbonyl (C=O) groups is 2. The monoisotopic (exact) mass is 234 g/mol. The minimum atomic E-state index is -0.999. The Kier molecular flexibility index (Phi) is 2.99. The molecule has 0 spiro atoms. The van der Waals surface area contributed by atoms with Gasteiger partial charge >= 0.3 is 12.0 Å². The second-order valence-corrected chi connectivity index (χ2v) is 4.08. The van der Waals surface area contributed by atoms with Crippen molar-refractivity contribution >= 4 is 12.0 Å². The number of hydrogen-bond acceptors (Lipinski definition) is 2. The van der Waals surface area contributed by atoms with Crippen LogP contribution in [0.3, 0.4) is 0 Å². The van der Waals surface area contributed by atoms with E-state index in [0.717, 1.165) is 11.1 Å². The number of carboxylic acid groups (broad SMARTS) is 1. The molecule has 1 fully saturated rings. The van der Waals surface area contributed by atoms with Gasteiger partial charge in [-0.05, 0) is 18.1 Å². The second-order valence-electron chi connectivity index (χ2n) is 4.08. The van der Waals surface area contributed by atoms with Gasteiger partial charge in [0.25, 0.3) is 0 Å². The number of amides is 2. The average molecular weight is 234 g/mol. The first-order valence-corrected chi connectivity index (χ1v) is 5.41. The number of aryl methyl sites for hydroxylation is 1. The first-order valence-electron chi connectivity index (χ1n) is 5.41. The van der Waals surface area contributed by atoms with Crippen LogP contribution in [0.2, 0.25) is 0 Å². The van der Waals surface area contributed by atoms with Gasteiger partial charge in [-0.25, -0.2) is 4.79 Å². The maximum atomic E-state index is 11.6. The molecule has 0 radical (unpaired) electrons. The van der Waals surface area contributed by atoms with Crippen molar-refractivity contribution in [1.29, 1.82) is 0 Å². The molecule has 1 aliphatic rings. The molecular formula is C12H14N2O3. The first-order chi connectivity index (χ1) is 8.09. The Labute approximate surface area is 99.0 Å². The Bertz CT molecular complexity index is 459. The summed E-state index contributed by atoms with van der Waals surface area (Å²) >= 11 is 0. The van der Waals surface area contributed by atoms with Crippen LogP contribution in [-0.4, -0.2) is 35.1 Å². The van der Waals surface area contributed by atoms with Crippen molar-refractivity contribution < 1.29 is 14.7 Å². The third-order valence-corrected chi connectivity index (χ3v) is 2.94. The van der Waals surface area contributed by atoms with Crippen molar-refractivity contribution in [3.05, 3.63) is 35.4 Å². The fourth-order valence-electron chi connectivity index (χ4n) is 2.10. The lowest BCUT2D eigenvalue weighted by Crippen LogP contribution is -2.34. The predicted octanol–water partition coefficient (Wildman–Crippen LogP) is 1.15. The van der Waals surface area contributed by atoms with Gasteiger partial charge in [-0.1, -0.05) is 24.3 Å². The summed E-state index contributed by atoms with van der Waals surface area (Å²) in [7, 11) is 0. The van der Waals surface area contributed by atoms with Crippen LogP contribution in [-0.2, 0) is 4.79 Å². The highest BCUT2D eigenvalue weighted by Gasteiger charge is 2.33. The van der Waals surface area contributed by atoms with Crippen LogP contribution in [0, 0.1) is 6.92 Å². The number of nitrogens with zero attached hydrogens (tertiary/aromatic N) is 1. The molecule has 17 heavy (non-hydrogen) atoms. The SMILES string of the molecule is Cc1ccccc1C1CNC(=O)N1CC(=O)O. The van der Waals surface area contributed by atoms with Gasteiger partial charge in [0.05, 0.1) is 6.04 Å². The smallest absolute Gasteiger partial charge is 0.323 e. The number of carboxylic acids is 1. The van der Waals surface area contributed by atoms with Crippen molar-refractivity contribution in [2.45, 2.75) is 13.0 Å². The highest BCUT2D eigenvalue weighted by Crippen LogP contribution is 2.26. The lowest BCUT2D eigenvalue weighted by atomic mass is 10.0. The Morgan fingerprint density at radius 3 is 2.88 bits per heavy atom. The van der Waals surface area contributed by atoms with Crippen molar-refractivity contribution in [3.63, 3.8) is 0 Å². The molecule has 1 aromatic carbocycles. The van der Waals surface area contributed by atoms with Crippen LogP contribution in [0.5, 0.6) is 0 Å². The molecular weight excluding hydrogens is 220 g/mol. The molecule has 1 unspecified atom stereocenters. The number of aliphatic carboxylic acids is 1. The van der Waals surface area contributed by atoms with E-state index in [1.807, 2.05) is 31.2 Å². The molecule has 0 aromatic heterocycles. The zero-order valence-corrected chi connectivity index (χ0v) is 9.51. The molecule has 5 heteroatoms. The molecule has 5 nitrogen and oxygen atoms in total. The molecule has 1 heterocycles. The normalized spacial score (nSPS) is 19.2. The van der Waals surface area contributed by atoms with E-state index in [9.17, 15) is 9.59 Å². The first kappa shape index (κ1) is 11.4. The number of hydrogen-bond donors (Lipinski definition) is 2. The van der Waals surface area contributed by atoms with Gasteiger partial charge in [0, 0.05) is 6.54 Å². The van der Waals surface area contributed by atoms with Gasteiger partial charge in [-0.3, -0.25) is 4.79 Å². The van der Waals surface area contributed by atoms with Crippen LogP contribution >= 0.6 is 0 Å². The van der Waals surface area contributed by atoms with Crippen molar-refractivity contribution in [2.24, 2.45) is 0 Å². The van der Waals surface area contributed by atoms with Crippen molar-refractivity contribution in [3.8, 4) is 0 Å². The quantitative estimate of drug-likeness (QED) is 0.824. The topological polar surface area (TPSA) is 69.6 Å². The Morgan fingerprint density at radius 1 is 1.53 bits per heavy atom. The largest absolute Gasteiger partial charge is 0.480 e. The Hall–Kier alpha value is -2.04. The second kappa shape index (κ2) is 4.45. The number of rotatable bonds is 3. The van der Waals surface area contributed by atoms with Crippen LogP contribution in [0.15, 0.2) is 24.3 Å². The molecule has 90 valence electrons. The van der Waals surface area contributed by atoms with Gasteiger partial charge in [-0.2, -0.15) is 0 Å². The summed E-state index contributed by atoms with van der Waals surface area (Å²) in [4.78, 5) is 23.6. The van der Waals surface area contributed by atoms with Crippen molar-refractivity contribution in [1.82, 2.24) is 10.2 Å². The lowest BCUT2D eigenvalue weighted by molar-refractivity contribution is -0.137. The standard InChI is InChI=1S/C12H14N2O3/c1-8-4-2-3-5-9(8)10-6-13-12(17)14(10)7-11(15)16/h2-5,10H,6-7H2,1H3,(H,13,17)(H,15,16). The van der Waals surface area contributed by atoms with E-state index in [1.54, 1.807) is 0 Å². The maximum absolute atomic E-state index is 11.6. The Balaban J connectivity index is 2.28. The van der Waals surface area contributed by atoms with Gasteiger partial charge in [-0.15, -0.1) is 0 Å². The molecule has 2 amide bonds. The summed E-state index contributed by atoms with van der Waals surface area (Å²) in [6, 6.07) is 7.18. The van der Waals surface area contributed by atoms with Crippen LogP contribution in [0.4, 0.5) is 4.79 Å². The fourth-order valence-corrected chi connectivity index (χ4v) is 2.10. The third-order valence-electron chi connectivity index (χ3n) is 2.94. The predicted molar refractivity (Wildman–Crippen MR) is 61.7 cm³/mol. The number of nitrogens with one attached hydrogen (secondary N) is 1. The van der Waals surface area contributed by atoms with Gasteiger partial charge in [0.1, 0.15) is 6.54 Å². The lowest BCUT2D eigenvalue weighted by Gasteiger charge is -2.22. The van der Waals surface area contributed by atoms with E-state index < -0.39 is 5.97 Å². The minimum absolute atomic E-state index is 0.195. The molecule has 1 aliphatic heterocycles. The molecule has 0 bridgehead atoms. The number of benzene rings is 1. The highest BCUT2D eigenvalue weighted by molar-refractivity contribution is 5.82. The van der Waals surface area contributed by atoms with Crippen LogP contribution in [0.1, 0.15) is 17.2 Å². The van der Waals surface area contributed by atoms with Gasteiger partial charge in [0.2, 0.25) is 0 Å². The molecule has 2 N–H and O–H groups in total. The summed E-state index contributed by atoms with van der Waals surface area (Å²) in [5, 5.41) is 11.5. The van der Waals surface area contributed by atoms with Crippen LogP contribution in [0.25, 0.3) is 0 Å². The van der Waals surface area contributed by atoms with E-state index in [2.05, 4.69) is 5.32 Å². The average Bonchev–Trinajstić information content (AvgIpc) is 2.61. The van der Waals surface area contributed by atoms with E-state index in [0.29, 0.717) is 6.54 Å². The van der Waals surface area contributed by atoms with E-state index in [4.69, 9.17) is 5.11 Å². The van der Waals surface area contributed by atoms with Crippen LogP contribution < -0.4 is 5.32 Å². The summed E-state index contributed by atoms with van der Waals surface area (Å²) in [5.41, 5.74) is 2.05. The number of carbonyl (C=O) groups excluding carboxylic acids is 1. The molecule has 1 atom stereocenters. The summed E-state index contributed by atoms with van der Waals surface area (Å²) in [5.74, 6) is -0.999. The zero-order valence-electron chi connectivity index (χ0n) is 9.51. The molecule has 1 saturated heterocycles. The highest BCUT2D eigenvalue weighted by atomic mass is 16.4. The number of urea groups is 1. The maximum Gasteiger partial charge on any atom is 0.323 e. The molecule has 0 aliphatic carbocycles. The molecule has 0 saturated carbocycles. The molecule has 2 rings (SSSR count). The van der Waals surface area contributed by atoms with Gasteiger partial charge in [0.15, 0.2) is 0 Å². The van der Waals surface area contributed by atoms with Crippen molar-refractivity contribution in [2.75, 3.05) is 13.1 Å². The minimum Gasteiger partial charge on any atom is -0.480 e. The third kappa shape index (κ3) is 2.22. The van der Waals surface area contributed by atoms with E-state index in [-0.39, 0.29) is 18.6 Å². The summed E-state index contributed by atoms with van der Waals surface area (Å²) < 4.78 is 0. The summed E-state index contributed by atoms with van der Waals surface area (Å²) in [6.45, 7) is 2.14. The van der Waals surface area contributed by atoms with E-state index >= 15 is 0 Å². The fraction of sp³-hybridized carbons (Fsp3) is 0.333.